The average Bonchev–Trinajstić information content (AvgIpc) is 3.03. The third-order valence-corrected chi connectivity index (χ3v) is 10.4. The molecule has 0 N–H and O–H groups in total. The summed E-state index contributed by atoms with van der Waals surface area (Å²) < 4.78 is 0. The van der Waals surface area contributed by atoms with Gasteiger partial charge in [0.05, 0.1) is 0 Å². The topological polar surface area (TPSA) is 17.1 Å². The van der Waals surface area contributed by atoms with Crippen LogP contribution in [0.25, 0.3) is 0 Å². The third kappa shape index (κ3) is 3.49. The second-order valence-electron chi connectivity index (χ2n) is 12.1. The average molecular weight is 397 g/mol. The molecule has 0 aromatic heterocycles. The van der Waals surface area contributed by atoms with Crippen molar-refractivity contribution in [3.8, 4) is 0 Å². The molecule has 4 aliphatic rings. The predicted octanol–water partition coefficient (Wildman–Crippen LogP) is 7.62. The molecule has 8 atom stereocenters. The molecule has 0 spiro atoms. The lowest BCUT2D eigenvalue weighted by atomic mass is 9.48. The van der Waals surface area contributed by atoms with Gasteiger partial charge in [-0.05, 0) is 90.8 Å². The monoisotopic (exact) mass is 396 g/mol. The minimum Gasteiger partial charge on any atom is -0.300 e. The van der Waals surface area contributed by atoms with Crippen LogP contribution in [0.2, 0.25) is 0 Å². The molecule has 0 amide bonds. The largest absolute Gasteiger partial charge is 0.300 e. The van der Waals surface area contributed by atoms with Gasteiger partial charge in [0.25, 0.3) is 0 Å². The number of hydrogen-bond acceptors (Lipinski definition) is 1. The molecule has 0 heterocycles. The third-order valence-electron chi connectivity index (χ3n) is 10.4. The van der Waals surface area contributed by atoms with Crippen LogP contribution in [-0.2, 0) is 4.79 Å². The Kier molecular flexibility index (Phi) is 5.67. The molecule has 29 heavy (non-hydrogen) atoms. The van der Waals surface area contributed by atoms with Crippen LogP contribution in [0.4, 0.5) is 0 Å². The van der Waals surface area contributed by atoms with Crippen LogP contribution >= 0.6 is 0 Å². The number of allylic oxidation sites excluding steroid dienone is 4. The lowest BCUT2D eigenvalue weighted by Crippen LogP contribution is -2.49. The Morgan fingerprint density at radius 3 is 2.41 bits per heavy atom. The minimum absolute atomic E-state index is 0.385. The summed E-state index contributed by atoms with van der Waals surface area (Å²) in [5.41, 5.74) is 2.68. The smallest absolute Gasteiger partial charge is 0.133 e. The molecular formula is C28H44O. The second kappa shape index (κ2) is 7.69. The molecular weight excluding hydrogens is 352 g/mol. The highest BCUT2D eigenvalue weighted by Crippen LogP contribution is 2.66. The molecule has 0 saturated heterocycles. The first-order valence-electron chi connectivity index (χ1n) is 12.6. The summed E-state index contributed by atoms with van der Waals surface area (Å²) in [5, 5.41) is 0. The van der Waals surface area contributed by atoms with Crippen LogP contribution in [0, 0.1) is 52.3 Å². The van der Waals surface area contributed by atoms with E-state index in [4.69, 9.17) is 0 Å². The highest BCUT2D eigenvalue weighted by atomic mass is 16.1. The van der Waals surface area contributed by atoms with Gasteiger partial charge in [0.15, 0.2) is 0 Å². The summed E-state index contributed by atoms with van der Waals surface area (Å²) in [6.45, 7) is 14.7. The number of rotatable bonds is 4. The molecule has 0 aromatic carbocycles. The predicted molar refractivity (Wildman–Crippen MR) is 123 cm³/mol. The molecule has 4 rings (SSSR count). The highest BCUT2D eigenvalue weighted by molar-refractivity contribution is 5.79. The Morgan fingerprint density at radius 1 is 0.966 bits per heavy atom. The Hall–Kier alpha value is -0.850. The summed E-state index contributed by atoms with van der Waals surface area (Å²) in [4.78, 5) is 12.1. The maximum atomic E-state index is 12.1. The van der Waals surface area contributed by atoms with Crippen molar-refractivity contribution in [2.24, 2.45) is 52.3 Å². The van der Waals surface area contributed by atoms with Gasteiger partial charge in [-0.25, -0.2) is 0 Å². The lowest BCUT2D eigenvalue weighted by molar-refractivity contribution is -0.127. The van der Waals surface area contributed by atoms with Crippen molar-refractivity contribution in [3.05, 3.63) is 23.8 Å². The molecule has 0 aliphatic heterocycles. The quantitative estimate of drug-likeness (QED) is 0.447. The van der Waals surface area contributed by atoms with Gasteiger partial charge < -0.3 is 0 Å². The number of fused-ring (bicyclic) bond motifs is 5. The summed E-state index contributed by atoms with van der Waals surface area (Å²) in [7, 11) is 0. The van der Waals surface area contributed by atoms with E-state index in [1.54, 1.807) is 0 Å². The van der Waals surface area contributed by atoms with E-state index in [2.05, 4.69) is 59.8 Å². The number of hydrogen-bond donors (Lipinski definition) is 0. The number of ketones is 1. The van der Waals surface area contributed by atoms with E-state index in [1.807, 2.05) is 5.57 Å². The number of carbonyl (C=O) groups is 1. The lowest BCUT2D eigenvalue weighted by Gasteiger charge is -2.57. The van der Waals surface area contributed by atoms with Gasteiger partial charge in [-0.3, -0.25) is 4.79 Å². The van der Waals surface area contributed by atoms with Crippen LogP contribution in [0.3, 0.4) is 0 Å². The molecule has 1 nitrogen and oxygen atoms in total. The number of Topliss-reactive ketones (excluding diaryl/α,β-unsaturated/α-hetero) is 1. The van der Waals surface area contributed by atoms with Gasteiger partial charge in [0, 0.05) is 12.8 Å². The second-order valence-corrected chi connectivity index (χ2v) is 12.1. The van der Waals surface area contributed by atoms with Crippen LogP contribution in [0.1, 0.15) is 92.9 Å². The Morgan fingerprint density at radius 2 is 1.69 bits per heavy atom. The van der Waals surface area contributed by atoms with E-state index >= 15 is 0 Å². The fourth-order valence-corrected chi connectivity index (χ4v) is 7.91. The van der Waals surface area contributed by atoms with Crippen LogP contribution in [0.15, 0.2) is 23.8 Å². The van der Waals surface area contributed by atoms with Crippen LogP contribution < -0.4 is 0 Å². The molecule has 3 fully saturated rings. The van der Waals surface area contributed by atoms with Crippen molar-refractivity contribution in [2.75, 3.05) is 0 Å². The van der Waals surface area contributed by atoms with E-state index in [0.29, 0.717) is 34.4 Å². The molecule has 0 aromatic rings. The fourth-order valence-electron chi connectivity index (χ4n) is 7.91. The Balaban J connectivity index is 1.55. The molecule has 0 unspecified atom stereocenters. The maximum Gasteiger partial charge on any atom is 0.133 e. The first-order chi connectivity index (χ1) is 13.7. The van der Waals surface area contributed by atoms with E-state index in [9.17, 15) is 4.79 Å². The Bertz CT molecular complexity index is 699. The first-order valence-corrected chi connectivity index (χ1v) is 12.6. The fraction of sp³-hybridized carbons (Fsp3) is 0.821. The summed E-state index contributed by atoms with van der Waals surface area (Å²) in [5.74, 6) is 5.57. The standard InChI is InChI=1S/C28H44O/c1-18(2)19(3)7-8-20(4)24-11-12-25-23-10-9-21-17-22(29)13-15-27(21,5)26(23)14-16-28(24,25)6/h7-8,10,18-21,24-26H,9,11-17H2,1-6H3/b8-7+/t19-,20-,21-,24-,25+,26+,27+,28-/m1/s1. The van der Waals surface area contributed by atoms with E-state index in [1.165, 1.54) is 25.7 Å². The van der Waals surface area contributed by atoms with Gasteiger partial charge in [0.1, 0.15) is 5.78 Å². The summed E-state index contributed by atoms with van der Waals surface area (Å²) in [6, 6.07) is 0. The maximum absolute atomic E-state index is 12.1. The molecule has 0 bridgehead atoms. The van der Waals surface area contributed by atoms with Crippen molar-refractivity contribution < 1.29 is 4.79 Å². The van der Waals surface area contributed by atoms with Gasteiger partial charge in [-0.15, -0.1) is 0 Å². The number of carbonyl (C=O) groups excluding carboxylic acids is 1. The molecule has 3 saturated carbocycles. The van der Waals surface area contributed by atoms with Crippen molar-refractivity contribution in [2.45, 2.75) is 92.9 Å². The van der Waals surface area contributed by atoms with Gasteiger partial charge in [0.2, 0.25) is 0 Å². The van der Waals surface area contributed by atoms with Gasteiger partial charge in [-0.1, -0.05) is 65.3 Å². The zero-order valence-electron chi connectivity index (χ0n) is 19.8. The summed E-state index contributed by atoms with van der Waals surface area (Å²) in [6.07, 6.45) is 17.2. The normalized spacial score (nSPS) is 44.2. The molecule has 1 heteroatoms. The molecule has 0 radical (unpaired) electrons. The van der Waals surface area contributed by atoms with Gasteiger partial charge >= 0.3 is 0 Å². The van der Waals surface area contributed by atoms with Crippen LogP contribution in [-0.4, -0.2) is 5.78 Å². The molecule has 162 valence electrons. The van der Waals surface area contributed by atoms with Crippen LogP contribution in [0.5, 0.6) is 0 Å². The highest BCUT2D eigenvalue weighted by Gasteiger charge is 2.57. The molecule has 4 aliphatic carbocycles. The van der Waals surface area contributed by atoms with Crippen molar-refractivity contribution in [1.29, 1.82) is 0 Å². The van der Waals surface area contributed by atoms with Crippen molar-refractivity contribution in [3.63, 3.8) is 0 Å². The zero-order valence-corrected chi connectivity index (χ0v) is 19.8. The van der Waals surface area contributed by atoms with E-state index in [0.717, 1.165) is 49.4 Å². The van der Waals surface area contributed by atoms with Gasteiger partial charge in [-0.2, -0.15) is 0 Å². The minimum atomic E-state index is 0.385. The zero-order chi connectivity index (χ0) is 21.0. The Labute approximate surface area is 179 Å². The van der Waals surface area contributed by atoms with Crippen molar-refractivity contribution in [1.82, 2.24) is 0 Å². The SMILES string of the molecule is CC(C)[C@H](C)/C=C/[C@@H](C)[C@H]1CC[C@H]2C3=CC[C@@H]4CC(=O)CC[C@]4(C)[C@H]3CC[C@]12C. The summed E-state index contributed by atoms with van der Waals surface area (Å²) >= 11 is 0. The van der Waals surface area contributed by atoms with Crippen molar-refractivity contribution >= 4 is 5.78 Å². The first kappa shape index (κ1) is 21.4. The van der Waals surface area contributed by atoms with E-state index in [-0.39, 0.29) is 0 Å². The van der Waals surface area contributed by atoms with E-state index < -0.39 is 0 Å².